The SMILES string of the molecule is C.CCc1ccc(-c2ccc(C(=O)N[C@H](C(=O)NCCNO)[C@@H](C)O)cc2)cc1. The van der Waals surface area contributed by atoms with Gasteiger partial charge in [0.2, 0.25) is 5.91 Å². The van der Waals surface area contributed by atoms with Gasteiger partial charge in [0.1, 0.15) is 6.04 Å². The van der Waals surface area contributed by atoms with E-state index in [0.29, 0.717) is 5.56 Å². The highest BCUT2D eigenvalue weighted by atomic mass is 16.5. The van der Waals surface area contributed by atoms with E-state index in [1.165, 1.54) is 12.5 Å². The fourth-order valence-electron chi connectivity index (χ4n) is 2.73. The molecular formula is C22H31N3O4. The number of benzene rings is 2. The Bertz CT molecular complexity index is 774. The molecule has 0 aliphatic heterocycles. The Morgan fingerprint density at radius 3 is 2.00 bits per heavy atom. The number of hydroxylamine groups is 1. The van der Waals surface area contributed by atoms with Gasteiger partial charge in [-0.3, -0.25) is 9.59 Å². The molecule has 0 aromatic heterocycles. The van der Waals surface area contributed by atoms with Gasteiger partial charge >= 0.3 is 0 Å². The largest absolute Gasteiger partial charge is 0.391 e. The number of aliphatic hydroxyl groups is 1. The topological polar surface area (TPSA) is 111 Å². The summed E-state index contributed by atoms with van der Waals surface area (Å²) in [5.41, 5.74) is 5.62. The van der Waals surface area contributed by atoms with Crippen molar-refractivity contribution in [3.05, 3.63) is 59.7 Å². The molecule has 0 radical (unpaired) electrons. The Kier molecular flexibility index (Phi) is 10.0. The van der Waals surface area contributed by atoms with Gasteiger partial charge in [0, 0.05) is 18.7 Å². The number of nitrogens with one attached hydrogen (secondary N) is 3. The maximum Gasteiger partial charge on any atom is 0.252 e. The van der Waals surface area contributed by atoms with E-state index in [0.717, 1.165) is 17.5 Å². The molecule has 2 aromatic carbocycles. The van der Waals surface area contributed by atoms with Crippen molar-refractivity contribution in [1.82, 2.24) is 16.1 Å². The Morgan fingerprint density at radius 2 is 1.52 bits per heavy atom. The Labute approximate surface area is 172 Å². The lowest BCUT2D eigenvalue weighted by molar-refractivity contribution is -0.125. The van der Waals surface area contributed by atoms with Crippen LogP contribution in [-0.2, 0) is 11.2 Å². The molecule has 2 aromatic rings. The Balaban J connectivity index is 0.00000420. The number of carbonyl (C=O) groups excluding carboxylic acids is 2. The quantitative estimate of drug-likeness (QED) is 0.327. The van der Waals surface area contributed by atoms with E-state index >= 15 is 0 Å². The van der Waals surface area contributed by atoms with Crippen LogP contribution in [0, 0.1) is 0 Å². The van der Waals surface area contributed by atoms with E-state index in [9.17, 15) is 14.7 Å². The normalized spacial score (nSPS) is 12.4. The maximum atomic E-state index is 12.5. The van der Waals surface area contributed by atoms with Crippen LogP contribution < -0.4 is 16.1 Å². The number of rotatable bonds is 9. The molecule has 0 spiro atoms. The molecule has 2 rings (SSSR count). The van der Waals surface area contributed by atoms with Crippen LogP contribution in [0.25, 0.3) is 11.1 Å². The van der Waals surface area contributed by atoms with E-state index in [-0.39, 0.29) is 20.5 Å². The Morgan fingerprint density at radius 1 is 0.966 bits per heavy atom. The summed E-state index contributed by atoms with van der Waals surface area (Å²) in [7, 11) is 0. The zero-order valence-corrected chi connectivity index (χ0v) is 16.1. The standard InChI is InChI=1S/C21H27N3O4.CH4/c1-3-15-4-6-16(7-5-15)17-8-10-18(11-9-17)20(26)24-19(14(2)25)21(27)22-12-13-23-28;/h4-11,14,19,23,25,28H,3,12-13H2,1-2H3,(H,22,27)(H,24,26);1H4/t14-,19+;/m1./s1. The van der Waals surface area contributed by atoms with Crippen LogP contribution in [0.2, 0.25) is 0 Å². The van der Waals surface area contributed by atoms with Crippen molar-refractivity contribution >= 4 is 11.8 Å². The molecule has 0 heterocycles. The number of hydrogen-bond donors (Lipinski definition) is 5. The summed E-state index contributed by atoms with van der Waals surface area (Å²) >= 11 is 0. The second-order valence-electron chi connectivity index (χ2n) is 6.52. The summed E-state index contributed by atoms with van der Waals surface area (Å²) in [6, 6.07) is 14.2. The van der Waals surface area contributed by atoms with Gasteiger partial charge in [-0.15, -0.1) is 0 Å². The molecule has 7 nitrogen and oxygen atoms in total. The fraction of sp³-hybridized carbons (Fsp3) is 0.364. The number of hydrogen-bond acceptors (Lipinski definition) is 5. The first-order valence-electron chi connectivity index (χ1n) is 9.29. The first-order chi connectivity index (χ1) is 13.5. The molecule has 0 saturated carbocycles. The van der Waals surface area contributed by atoms with Crippen molar-refractivity contribution in [3.63, 3.8) is 0 Å². The first-order valence-corrected chi connectivity index (χ1v) is 9.29. The predicted molar refractivity (Wildman–Crippen MR) is 114 cm³/mol. The number of aryl methyl sites for hydroxylation is 1. The van der Waals surface area contributed by atoms with Crippen LogP contribution in [0.4, 0.5) is 0 Å². The minimum Gasteiger partial charge on any atom is -0.391 e. The highest BCUT2D eigenvalue weighted by Crippen LogP contribution is 2.20. The molecule has 158 valence electrons. The molecule has 0 aliphatic rings. The van der Waals surface area contributed by atoms with Crippen molar-refractivity contribution in [2.45, 2.75) is 39.8 Å². The molecular weight excluding hydrogens is 370 g/mol. The average molecular weight is 402 g/mol. The molecule has 2 atom stereocenters. The molecule has 2 amide bonds. The summed E-state index contributed by atoms with van der Waals surface area (Å²) in [6.45, 7) is 3.86. The first kappa shape index (κ1) is 24.3. The smallest absolute Gasteiger partial charge is 0.252 e. The van der Waals surface area contributed by atoms with Gasteiger partial charge in [0.05, 0.1) is 6.10 Å². The van der Waals surface area contributed by atoms with Crippen LogP contribution >= 0.6 is 0 Å². The molecule has 0 unspecified atom stereocenters. The zero-order chi connectivity index (χ0) is 20.5. The molecule has 0 fully saturated rings. The summed E-state index contributed by atoms with van der Waals surface area (Å²) in [6.07, 6.45) is -0.0871. The van der Waals surface area contributed by atoms with E-state index in [1.807, 2.05) is 29.7 Å². The number of amides is 2. The number of aliphatic hydroxyl groups excluding tert-OH is 1. The zero-order valence-electron chi connectivity index (χ0n) is 16.1. The summed E-state index contributed by atoms with van der Waals surface area (Å²) < 4.78 is 0. The van der Waals surface area contributed by atoms with Crippen LogP contribution in [-0.4, -0.2) is 47.4 Å². The highest BCUT2D eigenvalue weighted by Gasteiger charge is 2.25. The fourth-order valence-corrected chi connectivity index (χ4v) is 2.73. The average Bonchev–Trinajstić information content (AvgIpc) is 2.72. The molecule has 7 heteroatoms. The maximum absolute atomic E-state index is 12.5. The molecule has 0 saturated heterocycles. The van der Waals surface area contributed by atoms with Crippen molar-refractivity contribution < 1.29 is 19.9 Å². The van der Waals surface area contributed by atoms with Crippen molar-refractivity contribution in [1.29, 1.82) is 0 Å². The minimum absolute atomic E-state index is 0. The van der Waals surface area contributed by atoms with E-state index in [2.05, 4.69) is 29.7 Å². The van der Waals surface area contributed by atoms with Crippen LogP contribution in [0.1, 0.15) is 37.2 Å². The lowest BCUT2D eigenvalue weighted by Crippen LogP contribution is -2.53. The summed E-state index contributed by atoms with van der Waals surface area (Å²) in [5.74, 6) is -0.972. The lowest BCUT2D eigenvalue weighted by Gasteiger charge is -2.21. The molecule has 5 N–H and O–H groups in total. The van der Waals surface area contributed by atoms with Gasteiger partial charge in [-0.2, -0.15) is 0 Å². The van der Waals surface area contributed by atoms with Crippen LogP contribution in [0.5, 0.6) is 0 Å². The second-order valence-corrected chi connectivity index (χ2v) is 6.52. The molecule has 29 heavy (non-hydrogen) atoms. The third-order valence-electron chi connectivity index (χ3n) is 4.43. The van der Waals surface area contributed by atoms with Gasteiger partial charge in [-0.1, -0.05) is 50.7 Å². The van der Waals surface area contributed by atoms with E-state index in [1.54, 1.807) is 12.1 Å². The van der Waals surface area contributed by atoms with Gasteiger partial charge in [-0.05, 0) is 42.2 Å². The van der Waals surface area contributed by atoms with Crippen molar-refractivity contribution in [2.75, 3.05) is 13.1 Å². The monoisotopic (exact) mass is 401 g/mol. The van der Waals surface area contributed by atoms with E-state index < -0.39 is 24.0 Å². The van der Waals surface area contributed by atoms with Gasteiger partial charge < -0.3 is 20.9 Å². The predicted octanol–water partition coefficient (Wildman–Crippen LogP) is 2.13. The van der Waals surface area contributed by atoms with Gasteiger partial charge in [-0.25, -0.2) is 5.48 Å². The number of carbonyl (C=O) groups is 2. The van der Waals surface area contributed by atoms with Crippen LogP contribution in [0.15, 0.2) is 48.5 Å². The van der Waals surface area contributed by atoms with Crippen molar-refractivity contribution in [3.8, 4) is 11.1 Å². The summed E-state index contributed by atoms with van der Waals surface area (Å²) in [5, 5.41) is 23.4. The van der Waals surface area contributed by atoms with E-state index in [4.69, 9.17) is 5.21 Å². The van der Waals surface area contributed by atoms with Crippen LogP contribution in [0.3, 0.4) is 0 Å². The highest BCUT2D eigenvalue weighted by molar-refractivity contribution is 5.98. The summed E-state index contributed by atoms with van der Waals surface area (Å²) in [4.78, 5) is 24.6. The lowest BCUT2D eigenvalue weighted by atomic mass is 10.0. The second kappa shape index (κ2) is 12.0. The van der Waals surface area contributed by atoms with Crippen molar-refractivity contribution in [2.24, 2.45) is 0 Å². The molecule has 0 aliphatic carbocycles. The third-order valence-corrected chi connectivity index (χ3v) is 4.43. The van der Waals surface area contributed by atoms with Gasteiger partial charge in [0.15, 0.2) is 0 Å². The Hall–Kier alpha value is -2.74. The van der Waals surface area contributed by atoms with Gasteiger partial charge in [0.25, 0.3) is 5.91 Å². The molecule has 0 bridgehead atoms. The third kappa shape index (κ3) is 6.98. The minimum atomic E-state index is -1.09.